The van der Waals surface area contributed by atoms with Crippen molar-refractivity contribution in [2.24, 2.45) is 0 Å². The fourth-order valence-electron chi connectivity index (χ4n) is 5.58. The van der Waals surface area contributed by atoms with Gasteiger partial charge < -0.3 is 25.0 Å². The van der Waals surface area contributed by atoms with Crippen molar-refractivity contribution in [2.45, 2.75) is 18.5 Å². The van der Waals surface area contributed by atoms with Gasteiger partial charge >= 0.3 is 0 Å². The third-order valence-corrected chi connectivity index (χ3v) is 8.09. The standard InChI is InChI=1S/C30H33ClFN7O4/c1-3-30(40)36-23-13-24(27(41-2)14-26(23)38-7-5-37(6-8-38)22-16-42-17-22)35-28-15-29(34-18-33-28)39-25(4-9-43-39)19-10-20(31)12-21(32)11-19/h3,10-15,18,22,25H,1,4-9,16-17H2,2H3,(H,36,40)(H,33,34,35)/t25-/m1/s1. The second-order valence-electron chi connectivity index (χ2n) is 10.5. The molecule has 1 aromatic heterocycles. The molecule has 3 saturated heterocycles. The largest absolute Gasteiger partial charge is 0.494 e. The minimum atomic E-state index is -0.413. The first-order valence-electron chi connectivity index (χ1n) is 14.1. The van der Waals surface area contributed by atoms with Crippen molar-refractivity contribution in [3.63, 3.8) is 0 Å². The molecule has 2 N–H and O–H groups in total. The first kappa shape index (κ1) is 29.1. The van der Waals surface area contributed by atoms with Gasteiger partial charge in [0.25, 0.3) is 0 Å². The van der Waals surface area contributed by atoms with Gasteiger partial charge in [0, 0.05) is 49.8 Å². The number of anilines is 5. The van der Waals surface area contributed by atoms with Crippen LogP contribution in [0.15, 0.2) is 55.4 Å². The molecule has 226 valence electrons. The van der Waals surface area contributed by atoms with Crippen molar-refractivity contribution in [2.75, 3.05) is 73.7 Å². The van der Waals surface area contributed by atoms with E-state index < -0.39 is 5.82 Å². The van der Waals surface area contributed by atoms with Crippen molar-refractivity contribution in [3.8, 4) is 5.75 Å². The number of amides is 1. The highest BCUT2D eigenvalue weighted by Crippen LogP contribution is 2.40. The summed E-state index contributed by atoms with van der Waals surface area (Å²) in [4.78, 5) is 31.8. The average molecular weight is 610 g/mol. The summed E-state index contributed by atoms with van der Waals surface area (Å²) in [6.45, 7) is 9.00. The SMILES string of the molecule is C=CC(=O)Nc1cc(Nc2cc(N3OCC[C@@H]3c3cc(F)cc(Cl)c3)ncn2)c(OC)cc1N1CCN(C2COC2)CC1. The zero-order valence-electron chi connectivity index (χ0n) is 23.8. The number of carbonyl (C=O) groups is 1. The second-order valence-corrected chi connectivity index (χ2v) is 11.0. The minimum absolute atomic E-state index is 0.275. The molecule has 0 radical (unpaired) electrons. The van der Waals surface area contributed by atoms with Gasteiger partial charge in [-0.25, -0.2) is 19.4 Å². The number of piperazine rings is 1. The number of nitrogens with zero attached hydrogens (tertiary/aromatic N) is 5. The Morgan fingerprint density at radius 2 is 1.93 bits per heavy atom. The Hall–Kier alpha value is -3.97. The van der Waals surface area contributed by atoms with Crippen LogP contribution in [-0.2, 0) is 14.4 Å². The molecular weight excluding hydrogens is 577 g/mol. The Bertz CT molecular complexity index is 1480. The molecule has 0 aliphatic carbocycles. The molecule has 6 rings (SSSR count). The molecule has 11 nitrogen and oxygen atoms in total. The van der Waals surface area contributed by atoms with Gasteiger partial charge in [0.15, 0.2) is 5.82 Å². The lowest BCUT2D eigenvalue weighted by Gasteiger charge is -2.43. The fourth-order valence-corrected chi connectivity index (χ4v) is 5.81. The summed E-state index contributed by atoms with van der Waals surface area (Å²) in [7, 11) is 1.60. The van der Waals surface area contributed by atoms with Crippen LogP contribution in [0.2, 0.25) is 5.02 Å². The van der Waals surface area contributed by atoms with E-state index in [-0.39, 0.29) is 11.9 Å². The van der Waals surface area contributed by atoms with Crippen molar-refractivity contribution >= 4 is 46.2 Å². The number of hydrogen-bond donors (Lipinski definition) is 2. The Morgan fingerprint density at radius 1 is 1.12 bits per heavy atom. The molecule has 4 heterocycles. The van der Waals surface area contributed by atoms with Gasteiger partial charge in [0.2, 0.25) is 5.91 Å². The van der Waals surface area contributed by atoms with Crippen LogP contribution in [0.25, 0.3) is 0 Å². The Balaban J connectivity index is 1.26. The number of benzene rings is 2. The molecule has 0 spiro atoms. The molecule has 3 fully saturated rings. The van der Waals surface area contributed by atoms with Gasteiger partial charge in [-0.3, -0.25) is 14.5 Å². The number of hydrogen-bond acceptors (Lipinski definition) is 10. The van der Waals surface area contributed by atoms with Gasteiger partial charge in [0.1, 0.15) is 23.7 Å². The maximum Gasteiger partial charge on any atom is 0.247 e. The van der Waals surface area contributed by atoms with E-state index >= 15 is 0 Å². The smallest absolute Gasteiger partial charge is 0.247 e. The number of rotatable bonds is 9. The van der Waals surface area contributed by atoms with Gasteiger partial charge in [0.05, 0.1) is 56.1 Å². The topological polar surface area (TPSA) is 104 Å². The third kappa shape index (κ3) is 6.37. The molecule has 0 bridgehead atoms. The highest BCUT2D eigenvalue weighted by Gasteiger charge is 2.31. The van der Waals surface area contributed by atoms with E-state index in [1.807, 2.05) is 12.1 Å². The number of carbonyl (C=O) groups excluding carboxylic acids is 1. The lowest BCUT2D eigenvalue weighted by molar-refractivity contribution is -0.111. The monoisotopic (exact) mass is 609 g/mol. The normalized spacial score (nSPS) is 19.2. The molecule has 1 amide bonds. The van der Waals surface area contributed by atoms with Crippen LogP contribution < -0.4 is 25.3 Å². The van der Waals surface area contributed by atoms with Gasteiger partial charge in [-0.2, -0.15) is 0 Å². The first-order valence-corrected chi connectivity index (χ1v) is 14.5. The molecule has 2 aromatic carbocycles. The van der Waals surface area contributed by atoms with E-state index in [9.17, 15) is 9.18 Å². The number of nitrogens with one attached hydrogen (secondary N) is 2. The molecule has 43 heavy (non-hydrogen) atoms. The zero-order valence-corrected chi connectivity index (χ0v) is 24.5. The molecule has 0 saturated carbocycles. The van der Waals surface area contributed by atoms with Crippen molar-refractivity contribution in [1.82, 2.24) is 14.9 Å². The van der Waals surface area contributed by atoms with Gasteiger partial charge in [-0.15, -0.1) is 0 Å². The molecule has 3 aliphatic heterocycles. The number of halogens is 2. The van der Waals surface area contributed by atoms with Gasteiger partial charge in [-0.05, 0) is 35.9 Å². The predicted molar refractivity (Wildman–Crippen MR) is 163 cm³/mol. The summed E-state index contributed by atoms with van der Waals surface area (Å²) in [5.41, 5.74) is 2.76. The number of hydroxylamine groups is 1. The Labute approximate surface area is 254 Å². The summed E-state index contributed by atoms with van der Waals surface area (Å²) in [5.74, 6) is 0.808. The highest BCUT2D eigenvalue weighted by atomic mass is 35.5. The summed E-state index contributed by atoms with van der Waals surface area (Å²) >= 11 is 6.12. The van der Waals surface area contributed by atoms with E-state index in [0.29, 0.717) is 58.4 Å². The number of methoxy groups -OCH3 is 1. The van der Waals surface area contributed by atoms with Crippen LogP contribution in [0.5, 0.6) is 5.75 Å². The van der Waals surface area contributed by atoms with Crippen LogP contribution in [0.4, 0.5) is 33.1 Å². The fraction of sp³-hybridized carbons (Fsp3) is 0.367. The molecule has 3 aromatic rings. The molecule has 1 atom stereocenters. The lowest BCUT2D eigenvalue weighted by Crippen LogP contribution is -2.56. The summed E-state index contributed by atoms with van der Waals surface area (Å²) in [6, 6.07) is 10.1. The van der Waals surface area contributed by atoms with Crippen LogP contribution in [-0.4, -0.2) is 79.9 Å². The van der Waals surface area contributed by atoms with Crippen LogP contribution in [0.3, 0.4) is 0 Å². The van der Waals surface area contributed by atoms with E-state index in [0.717, 1.165) is 45.1 Å². The Kier molecular flexibility index (Phi) is 8.61. The average Bonchev–Trinajstić information content (AvgIpc) is 3.47. The van der Waals surface area contributed by atoms with Gasteiger partial charge in [-0.1, -0.05) is 18.2 Å². The Morgan fingerprint density at radius 3 is 2.63 bits per heavy atom. The maximum absolute atomic E-state index is 14.1. The number of ether oxygens (including phenoxy) is 2. The molecule has 13 heteroatoms. The van der Waals surface area contributed by atoms with E-state index in [4.69, 9.17) is 25.9 Å². The summed E-state index contributed by atoms with van der Waals surface area (Å²) in [6.07, 6.45) is 3.30. The lowest BCUT2D eigenvalue weighted by atomic mass is 10.0. The number of aromatic nitrogens is 2. The second kappa shape index (κ2) is 12.7. The molecule has 0 unspecified atom stereocenters. The summed E-state index contributed by atoms with van der Waals surface area (Å²) < 4.78 is 25.2. The molecule has 3 aliphatic rings. The first-order chi connectivity index (χ1) is 20.9. The third-order valence-electron chi connectivity index (χ3n) is 7.87. The van der Waals surface area contributed by atoms with Crippen LogP contribution in [0, 0.1) is 5.82 Å². The predicted octanol–water partition coefficient (Wildman–Crippen LogP) is 4.55. The zero-order chi connectivity index (χ0) is 29.9. The van der Waals surface area contributed by atoms with E-state index in [2.05, 4.69) is 37.0 Å². The van der Waals surface area contributed by atoms with Crippen LogP contribution >= 0.6 is 11.6 Å². The van der Waals surface area contributed by atoms with Crippen molar-refractivity contribution in [1.29, 1.82) is 0 Å². The molecular formula is C30H33ClFN7O4. The quantitative estimate of drug-likeness (QED) is 0.336. The summed E-state index contributed by atoms with van der Waals surface area (Å²) in [5, 5.41) is 8.21. The minimum Gasteiger partial charge on any atom is -0.494 e. The van der Waals surface area contributed by atoms with Crippen molar-refractivity contribution in [3.05, 3.63) is 71.8 Å². The maximum atomic E-state index is 14.1. The highest BCUT2D eigenvalue weighted by molar-refractivity contribution is 6.30. The van der Waals surface area contributed by atoms with Crippen LogP contribution in [0.1, 0.15) is 18.0 Å². The van der Waals surface area contributed by atoms with Crippen molar-refractivity contribution < 1.29 is 23.5 Å². The van der Waals surface area contributed by atoms with E-state index in [1.165, 1.54) is 24.5 Å². The van der Waals surface area contributed by atoms with E-state index in [1.54, 1.807) is 24.3 Å².